The molecule has 60 valence electrons. The van der Waals surface area contributed by atoms with Crippen molar-refractivity contribution in [1.29, 1.82) is 0 Å². The smallest absolute Gasteiger partial charge is 0.190 e. The first-order chi connectivity index (χ1) is 4.77. The second-order valence-corrected chi connectivity index (χ2v) is 7.76. The van der Waals surface area contributed by atoms with Crippen LogP contribution in [0, 0.1) is 0 Å². The third kappa shape index (κ3) is 2.26. The Morgan fingerprint density at radius 3 is 2.80 bits per heavy atom. The fraction of sp³-hybridized carbons (Fsp3) is 1.00. The first-order valence-electron chi connectivity index (χ1n) is 3.97. The van der Waals surface area contributed by atoms with Crippen molar-refractivity contribution >= 4 is 19.9 Å². The van der Waals surface area contributed by atoms with Crippen LogP contribution in [0.25, 0.3) is 0 Å². The van der Waals surface area contributed by atoms with Crippen molar-refractivity contribution in [2.75, 3.05) is 12.5 Å². The Hall–Kier alpha value is 0.467. The van der Waals surface area contributed by atoms with Crippen molar-refractivity contribution < 1.29 is 4.43 Å². The van der Waals surface area contributed by atoms with E-state index in [9.17, 15) is 0 Å². The topological polar surface area (TPSA) is 9.23 Å². The van der Waals surface area contributed by atoms with E-state index in [-0.39, 0.29) is 0 Å². The van der Waals surface area contributed by atoms with Crippen molar-refractivity contribution in [3.8, 4) is 0 Å². The molecule has 0 spiro atoms. The minimum Gasteiger partial charge on any atom is -0.417 e. The molecule has 1 fully saturated rings. The molecule has 1 saturated heterocycles. The summed E-state index contributed by atoms with van der Waals surface area (Å²) in [7, 11) is -1.27. The third-order valence-electron chi connectivity index (χ3n) is 2.17. The van der Waals surface area contributed by atoms with Gasteiger partial charge in [-0.1, -0.05) is 6.42 Å². The molecule has 1 unspecified atom stereocenters. The van der Waals surface area contributed by atoms with Gasteiger partial charge >= 0.3 is 0 Å². The number of rotatable bonds is 2. The van der Waals surface area contributed by atoms with Gasteiger partial charge in [0.2, 0.25) is 0 Å². The summed E-state index contributed by atoms with van der Waals surface area (Å²) in [5.41, 5.74) is 0. The Labute approximate surface area is 68.8 Å². The lowest BCUT2D eigenvalue weighted by atomic mass is 10.4. The molecule has 0 N–H and O–H groups in total. The predicted octanol–water partition coefficient (Wildman–Crippen LogP) is 2.61. The molecule has 3 heteroatoms. The number of halogens is 1. The molecule has 1 rings (SSSR count). The second kappa shape index (κ2) is 3.74. The van der Waals surface area contributed by atoms with E-state index in [4.69, 9.17) is 16.0 Å². The minimum atomic E-state index is -1.27. The summed E-state index contributed by atoms with van der Waals surface area (Å²) in [6.45, 7) is 3.29. The molecule has 10 heavy (non-hydrogen) atoms. The van der Waals surface area contributed by atoms with E-state index in [1.54, 1.807) is 0 Å². The molecule has 1 aliphatic heterocycles. The second-order valence-electron chi connectivity index (χ2n) is 3.19. The summed E-state index contributed by atoms with van der Waals surface area (Å²) < 4.78 is 5.76. The van der Waals surface area contributed by atoms with Gasteiger partial charge in [0.1, 0.15) is 0 Å². The van der Waals surface area contributed by atoms with Crippen LogP contribution in [-0.4, -0.2) is 20.8 Å². The summed E-state index contributed by atoms with van der Waals surface area (Å²) in [4.78, 5) is 0. The van der Waals surface area contributed by atoms with Gasteiger partial charge in [0.15, 0.2) is 8.32 Å². The van der Waals surface area contributed by atoms with Crippen LogP contribution in [-0.2, 0) is 4.43 Å². The highest BCUT2D eigenvalue weighted by atomic mass is 35.5. The van der Waals surface area contributed by atoms with Crippen molar-refractivity contribution in [2.24, 2.45) is 0 Å². The van der Waals surface area contributed by atoms with Crippen LogP contribution in [0.15, 0.2) is 0 Å². The summed E-state index contributed by atoms with van der Waals surface area (Å²) in [5.74, 6) is 0.780. The predicted molar refractivity (Wildman–Crippen MR) is 47.1 cm³/mol. The van der Waals surface area contributed by atoms with Crippen LogP contribution in [0.5, 0.6) is 0 Å². The maximum atomic E-state index is 5.76. The van der Waals surface area contributed by atoms with Gasteiger partial charge in [0.05, 0.1) is 0 Å². The number of alkyl halides is 1. The van der Waals surface area contributed by atoms with E-state index in [0.29, 0.717) is 0 Å². The lowest BCUT2D eigenvalue weighted by molar-refractivity contribution is 0.271. The van der Waals surface area contributed by atoms with E-state index in [1.807, 2.05) is 0 Å². The zero-order valence-electron chi connectivity index (χ0n) is 6.53. The van der Waals surface area contributed by atoms with Crippen LogP contribution in [0.2, 0.25) is 18.6 Å². The van der Waals surface area contributed by atoms with Gasteiger partial charge in [-0.05, 0) is 25.1 Å². The summed E-state index contributed by atoms with van der Waals surface area (Å²) in [5, 5.41) is 0. The van der Waals surface area contributed by atoms with Crippen LogP contribution in [0.4, 0.5) is 0 Å². The van der Waals surface area contributed by atoms with E-state index in [0.717, 1.165) is 18.5 Å². The largest absolute Gasteiger partial charge is 0.417 e. The van der Waals surface area contributed by atoms with Gasteiger partial charge in [-0.2, -0.15) is 0 Å². The molecule has 0 bridgehead atoms. The average molecular weight is 179 g/mol. The zero-order chi connectivity index (χ0) is 7.45. The van der Waals surface area contributed by atoms with Crippen molar-refractivity contribution in [3.63, 3.8) is 0 Å². The van der Waals surface area contributed by atoms with Gasteiger partial charge in [0.25, 0.3) is 0 Å². The molecular formula is C7H15ClOSi. The zero-order valence-corrected chi connectivity index (χ0v) is 8.28. The monoisotopic (exact) mass is 178 g/mol. The lowest BCUT2D eigenvalue weighted by Crippen LogP contribution is -2.38. The van der Waals surface area contributed by atoms with E-state index >= 15 is 0 Å². The maximum absolute atomic E-state index is 5.76. The molecular weight excluding hydrogens is 164 g/mol. The SMILES string of the molecule is C[Si]1(CCCl)CCCCO1. The van der Waals surface area contributed by atoms with Gasteiger partial charge in [-0.3, -0.25) is 0 Å². The summed E-state index contributed by atoms with van der Waals surface area (Å²) in [6, 6.07) is 2.45. The van der Waals surface area contributed by atoms with Crippen molar-refractivity contribution in [2.45, 2.75) is 31.5 Å². The van der Waals surface area contributed by atoms with Crippen LogP contribution >= 0.6 is 11.6 Å². The Morgan fingerprint density at radius 1 is 1.50 bits per heavy atom. The number of hydrogen-bond acceptors (Lipinski definition) is 1. The average Bonchev–Trinajstić information content (AvgIpc) is 1.89. The van der Waals surface area contributed by atoms with Gasteiger partial charge in [0, 0.05) is 12.5 Å². The highest BCUT2D eigenvalue weighted by Gasteiger charge is 2.30. The van der Waals surface area contributed by atoms with E-state index in [2.05, 4.69) is 6.55 Å². The van der Waals surface area contributed by atoms with Crippen molar-refractivity contribution in [3.05, 3.63) is 0 Å². The lowest BCUT2D eigenvalue weighted by Gasteiger charge is -2.30. The molecule has 0 aromatic heterocycles. The normalized spacial score (nSPS) is 34.2. The number of hydrogen-bond donors (Lipinski definition) is 0. The molecule has 1 nitrogen and oxygen atoms in total. The van der Waals surface area contributed by atoms with E-state index in [1.165, 1.54) is 18.9 Å². The summed E-state index contributed by atoms with van der Waals surface area (Å²) in [6.07, 6.45) is 2.62. The van der Waals surface area contributed by atoms with Crippen LogP contribution < -0.4 is 0 Å². The van der Waals surface area contributed by atoms with E-state index < -0.39 is 8.32 Å². The molecule has 0 aromatic rings. The Bertz CT molecular complexity index is 96.3. The van der Waals surface area contributed by atoms with Crippen LogP contribution in [0.1, 0.15) is 12.8 Å². The Balaban J connectivity index is 2.32. The highest BCUT2D eigenvalue weighted by Crippen LogP contribution is 2.25. The van der Waals surface area contributed by atoms with Crippen molar-refractivity contribution in [1.82, 2.24) is 0 Å². The molecule has 1 aliphatic rings. The molecule has 1 atom stereocenters. The Morgan fingerprint density at radius 2 is 2.30 bits per heavy atom. The minimum absolute atomic E-state index is 0.780. The molecule has 0 saturated carbocycles. The fourth-order valence-electron chi connectivity index (χ4n) is 1.39. The first-order valence-corrected chi connectivity index (χ1v) is 7.32. The molecule has 0 amide bonds. The van der Waals surface area contributed by atoms with Gasteiger partial charge in [-0.15, -0.1) is 11.6 Å². The summed E-state index contributed by atoms with van der Waals surface area (Å²) >= 11 is 5.68. The standard InChI is InChI=1S/C7H15ClOSi/c1-10(7-4-8)6-3-2-5-9-10/h2-7H2,1H3. The third-order valence-corrected chi connectivity index (χ3v) is 6.30. The van der Waals surface area contributed by atoms with Gasteiger partial charge in [-0.25, -0.2) is 0 Å². The quantitative estimate of drug-likeness (QED) is 0.467. The first kappa shape index (κ1) is 8.56. The highest BCUT2D eigenvalue weighted by molar-refractivity contribution is 6.73. The molecule has 0 radical (unpaired) electrons. The van der Waals surface area contributed by atoms with Crippen LogP contribution in [0.3, 0.4) is 0 Å². The molecule has 0 aliphatic carbocycles. The molecule has 1 heterocycles. The van der Waals surface area contributed by atoms with Gasteiger partial charge < -0.3 is 4.43 Å². The Kier molecular flexibility index (Phi) is 3.20. The molecule has 0 aromatic carbocycles. The maximum Gasteiger partial charge on any atom is 0.190 e. The fourth-order valence-corrected chi connectivity index (χ4v) is 5.16.